The first-order valence-electron chi connectivity index (χ1n) is 4.62. The predicted octanol–water partition coefficient (Wildman–Crippen LogP) is 3.57. The van der Waals surface area contributed by atoms with Crippen molar-refractivity contribution in [1.29, 1.82) is 0 Å². The highest BCUT2D eigenvalue weighted by atomic mass is 28.3. The summed E-state index contributed by atoms with van der Waals surface area (Å²) in [5.41, 5.74) is 1.49. The Labute approximate surface area is 76.6 Å². The molecule has 0 aromatic heterocycles. The summed E-state index contributed by atoms with van der Waals surface area (Å²) in [4.78, 5) is 0. The van der Waals surface area contributed by atoms with Crippen LogP contribution in [0.15, 0.2) is 30.3 Å². The predicted molar refractivity (Wildman–Crippen MR) is 58.3 cm³/mol. The molecule has 1 heteroatoms. The van der Waals surface area contributed by atoms with Crippen molar-refractivity contribution in [2.24, 2.45) is 0 Å². The quantitative estimate of drug-likeness (QED) is 0.621. The Balaban J connectivity index is 2.44. The van der Waals surface area contributed by atoms with E-state index in [2.05, 4.69) is 50.0 Å². The zero-order valence-electron chi connectivity index (χ0n) is 8.30. The van der Waals surface area contributed by atoms with Crippen molar-refractivity contribution in [1.82, 2.24) is 0 Å². The van der Waals surface area contributed by atoms with E-state index >= 15 is 0 Å². The third-order valence-corrected chi connectivity index (χ3v) is 3.76. The zero-order chi connectivity index (χ0) is 9.03. The van der Waals surface area contributed by atoms with Gasteiger partial charge in [-0.05, 0) is 12.0 Å². The third kappa shape index (κ3) is 3.72. The van der Waals surface area contributed by atoms with Gasteiger partial charge in [-0.2, -0.15) is 0 Å². The van der Waals surface area contributed by atoms with Crippen LogP contribution in [-0.4, -0.2) is 8.07 Å². The lowest BCUT2D eigenvalue weighted by Crippen LogP contribution is -2.19. The van der Waals surface area contributed by atoms with E-state index in [1.165, 1.54) is 18.0 Å². The van der Waals surface area contributed by atoms with Gasteiger partial charge in [-0.15, -0.1) is 0 Å². The maximum Gasteiger partial charge on any atom is 0.0445 e. The van der Waals surface area contributed by atoms with Crippen LogP contribution in [0.3, 0.4) is 0 Å². The molecule has 0 aliphatic carbocycles. The number of aryl methyl sites for hydroxylation is 1. The highest BCUT2D eigenvalue weighted by Gasteiger charge is 2.11. The Morgan fingerprint density at radius 2 is 1.58 bits per heavy atom. The van der Waals surface area contributed by atoms with Gasteiger partial charge in [-0.25, -0.2) is 0 Å². The number of rotatable bonds is 3. The molecule has 0 amide bonds. The normalized spacial score (nSPS) is 11.6. The average molecular weight is 178 g/mol. The Bertz CT molecular complexity index is 221. The molecule has 0 N–H and O–H groups in total. The molecule has 0 atom stereocenters. The monoisotopic (exact) mass is 178 g/mol. The molecular formula is C11H18Si. The molecule has 0 heterocycles. The van der Waals surface area contributed by atoms with Gasteiger partial charge in [0.15, 0.2) is 0 Å². The van der Waals surface area contributed by atoms with E-state index in [9.17, 15) is 0 Å². The maximum absolute atomic E-state index is 2.43. The highest BCUT2D eigenvalue weighted by molar-refractivity contribution is 6.76. The van der Waals surface area contributed by atoms with Crippen molar-refractivity contribution >= 4 is 8.07 Å². The summed E-state index contributed by atoms with van der Waals surface area (Å²) in [6.45, 7) is 7.28. The van der Waals surface area contributed by atoms with Gasteiger partial charge in [-0.3, -0.25) is 0 Å². The van der Waals surface area contributed by atoms with Crippen LogP contribution in [0, 0.1) is 0 Å². The second kappa shape index (κ2) is 3.90. The van der Waals surface area contributed by atoms with E-state index in [1.54, 1.807) is 0 Å². The highest BCUT2D eigenvalue weighted by Crippen LogP contribution is 2.12. The van der Waals surface area contributed by atoms with Crippen LogP contribution in [0.5, 0.6) is 0 Å². The van der Waals surface area contributed by atoms with Crippen LogP contribution in [0.25, 0.3) is 0 Å². The van der Waals surface area contributed by atoms with Gasteiger partial charge in [0.2, 0.25) is 0 Å². The topological polar surface area (TPSA) is 0 Å². The molecular weight excluding hydrogens is 160 g/mol. The van der Waals surface area contributed by atoms with Crippen molar-refractivity contribution in [2.75, 3.05) is 0 Å². The van der Waals surface area contributed by atoms with Crippen molar-refractivity contribution in [2.45, 2.75) is 32.1 Å². The van der Waals surface area contributed by atoms with Crippen LogP contribution in [-0.2, 0) is 6.42 Å². The molecule has 0 radical (unpaired) electrons. The lowest BCUT2D eigenvalue weighted by atomic mass is 10.2. The summed E-state index contributed by atoms with van der Waals surface area (Å²) in [7, 11) is -0.840. The Morgan fingerprint density at radius 1 is 1.00 bits per heavy atom. The molecule has 0 aliphatic heterocycles. The SMILES string of the molecule is C[Si](C)(C)CCc1ccccc1. The fourth-order valence-corrected chi connectivity index (χ4v) is 2.20. The van der Waals surface area contributed by atoms with E-state index < -0.39 is 8.07 Å². The molecule has 0 spiro atoms. The molecule has 0 bridgehead atoms. The second-order valence-electron chi connectivity index (χ2n) is 4.55. The van der Waals surface area contributed by atoms with Crippen LogP contribution in [0.4, 0.5) is 0 Å². The first-order chi connectivity index (χ1) is 5.58. The van der Waals surface area contributed by atoms with Crippen LogP contribution < -0.4 is 0 Å². The Hall–Kier alpha value is -0.563. The summed E-state index contributed by atoms with van der Waals surface area (Å²) in [6.07, 6.45) is 1.26. The smallest absolute Gasteiger partial charge is 0.0445 e. The Morgan fingerprint density at radius 3 is 2.08 bits per heavy atom. The molecule has 12 heavy (non-hydrogen) atoms. The number of benzene rings is 1. The van der Waals surface area contributed by atoms with Gasteiger partial charge >= 0.3 is 0 Å². The van der Waals surface area contributed by atoms with Gasteiger partial charge in [0.25, 0.3) is 0 Å². The summed E-state index contributed by atoms with van der Waals surface area (Å²) < 4.78 is 0. The van der Waals surface area contributed by atoms with E-state index in [0.717, 1.165) is 0 Å². The van der Waals surface area contributed by atoms with Gasteiger partial charge in [0, 0.05) is 8.07 Å². The van der Waals surface area contributed by atoms with Gasteiger partial charge in [-0.1, -0.05) is 56.0 Å². The summed E-state index contributed by atoms with van der Waals surface area (Å²) >= 11 is 0. The van der Waals surface area contributed by atoms with E-state index in [4.69, 9.17) is 0 Å². The molecule has 0 aliphatic rings. The van der Waals surface area contributed by atoms with Crippen LogP contribution in [0.2, 0.25) is 25.7 Å². The Kier molecular flexibility index (Phi) is 3.10. The summed E-state index contributed by atoms with van der Waals surface area (Å²) in [5.74, 6) is 0. The minimum Gasteiger partial charge on any atom is -0.0695 e. The fraction of sp³-hybridized carbons (Fsp3) is 0.455. The van der Waals surface area contributed by atoms with E-state index in [0.29, 0.717) is 0 Å². The van der Waals surface area contributed by atoms with Crippen molar-refractivity contribution in [3.05, 3.63) is 35.9 Å². The first kappa shape index (κ1) is 9.52. The number of hydrogen-bond acceptors (Lipinski definition) is 0. The molecule has 1 rings (SSSR count). The van der Waals surface area contributed by atoms with Crippen molar-refractivity contribution < 1.29 is 0 Å². The average Bonchev–Trinajstić information content (AvgIpc) is 2.02. The lowest BCUT2D eigenvalue weighted by Gasteiger charge is -2.14. The fourth-order valence-electron chi connectivity index (χ4n) is 1.16. The molecule has 66 valence electrons. The molecule has 0 fully saturated rings. The lowest BCUT2D eigenvalue weighted by molar-refractivity contribution is 1.09. The second-order valence-corrected chi connectivity index (χ2v) is 10.2. The molecule has 1 aromatic rings. The largest absolute Gasteiger partial charge is 0.0695 e. The number of hydrogen-bond donors (Lipinski definition) is 0. The minimum atomic E-state index is -0.840. The third-order valence-electron chi connectivity index (χ3n) is 2.01. The molecule has 0 unspecified atom stereocenters. The molecule has 0 saturated heterocycles. The summed E-state index contributed by atoms with van der Waals surface area (Å²) in [5, 5.41) is 0. The standard InChI is InChI=1S/C11H18Si/c1-12(2,3)10-9-11-7-5-4-6-8-11/h4-8H,9-10H2,1-3H3. The molecule has 0 saturated carbocycles. The summed E-state index contributed by atoms with van der Waals surface area (Å²) in [6, 6.07) is 12.2. The van der Waals surface area contributed by atoms with Gasteiger partial charge in [0.1, 0.15) is 0 Å². The zero-order valence-corrected chi connectivity index (χ0v) is 9.30. The van der Waals surface area contributed by atoms with Gasteiger partial charge in [0.05, 0.1) is 0 Å². The van der Waals surface area contributed by atoms with Crippen LogP contribution in [0.1, 0.15) is 5.56 Å². The maximum atomic E-state index is 2.43. The van der Waals surface area contributed by atoms with Crippen molar-refractivity contribution in [3.8, 4) is 0 Å². The van der Waals surface area contributed by atoms with Crippen LogP contribution >= 0.6 is 0 Å². The first-order valence-corrected chi connectivity index (χ1v) is 8.32. The van der Waals surface area contributed by atoms with E-state index in [-0.39, 0.29) is 0 Å². The minimum absolute atomic E-state index is 0.840. The van der Waals surface area contributed by atoms with E-state index in [1.807, 2.05) is 0 Å². The van der Waals surface area contributed by atoms with Gasteiger partial charge < -0.3 is 0 Å². The van der Waals surface area contributed by atoms with Crippen molar-refractivity contribution in [3.63, 3.8) is 0 Å². The molecule has 0 nitrogen and oxygen atoms in total. The molecule has 1 aromatic carbocycles.